The molecule has 4 rings (SSSR count). The number of aryl methyl sites for hydroxylation is 1. The van der Waals surface area contributed by atoms with E-state index in [4.69, 9.17) is 0 Å². The fourth-order valence-electron chi connectivity index (χ4n) is 3.30. The highest BCUT2D eigenvalue weighted by Gasteiger charge is 2.33. The van der Waals surface area contributed by atoms with Crippen molar-refractivity contribution in [3.8, 4) is 0 Å². The number of rotatable bonds is 1. The lowest BCUT2D eigenvalue weighted by Crippen LogP contribution is -2.32. The molecule has 0 bridgehead atoms. The minimum Gasteiger partial charge on any atom is -0.351 e. The summed E-state index contributed by atoms with van der Waals surface area (Å²) in [5.41, 5.74) is 1.91. The molecule has 2 aromatic heterocycles. The molecule has 0 atom stereocenters. The Balaban J connectivity index is 1.68. The maximum atomic E-state index is 12.9. The van der Waals surface area contributed by atoms with E-state index in [0.717, 1.165) is 11.9 Å². The van der Waals surface area contributed by atoms with Gasteiger partial charge in [0.2, 0.25) is 0 Å². The molecule has 0 N–H and O–H groups in total. The minimum absolute atomic E-state index is 0.0813. The van der Waals surface area contributed by atoms with Crippen LogP contribution in [-0.2, 0) is 25.6 Å². The van der Waals surface area contributed by atoms with Crippen LogP contribution in [0.4, 0.5) is 19.0 Å². The average Bonchev–Trinajstić information content (AvgIpc) is 2.92. The molecule has 0 saturated heterocycles. The molecule has 0 saturated carbocycles. The molecular weight excluding hydrogens is 399 g/mol. The molecule has 25 heavy (non-hydrogen) atoms. The zero-order valence-electron chi connectivity index (χ0n) is 13.0. The summed E-state index contributed by atoms with van der Waals surface area (Å²) in [4.78, 5) is 22.3. The van der Waals surface area contributed by atoms with Crippen LogP contribution in [0, 0.1) is 0 Å². The third-order valence-electron chi connectivity index (χ3n) is 4.59. The number of fused-ring (bicyclic) bond motifs is 2. The van der Waals surface area contributed by atoms with Crippen molar-refractivity contribution in [2.24, 2.45) is 0 Å². The SMILES string of the molecule is O=C1CCc2nc(N3CCc4ncc(C(F)(F)F)cc4C3)c(Br)cc21. The number of pyridine rings is 2. The number of Topliss-reactive ketones (excluding diaryl/α,β-unsaturated/α-hetero) is 1. The maximum Gasteiger partial charge on any atom is 0.417 e. The lowest BCUT2D eigenvalue weighted by Gasteiger charge is -2.30. The van der Waals surface area contributed by atoms with Gasteiger partial charge in [-0.1, -0.05) is 0 Å². The third-order valence-corrected chi connectivity index (χ3v) is 5.18. The molecule has 8 heteroatoms. The quantitative estimate of drug-likeness (QED) is 0.712. The first-order chi connectivity index (χ1) is 11.8. The van der Waals surface area contributed by atoms with E-state index in [1.807, 2.05) is 4.90 Å². The Labute approximate surface area is 150 Å². The number of carbonyl (C=O) groups is 1. The summed E-state index contributed by atoms with van der Waals surface area (Å²) < 4.78 is 39.5. The van der Waals surface area contributed by atoms with Crippen LogP contribution in [0.2, 0.25) is 0 Å². The second-order valence-electron chi connectivity index (χ2n) is 6.21. The summed E-state index contributed by atoms with van der Waals surface area (Å²) in [5, 5.41) is 0. The molecule has 0 aromatic carbocycles. The van der Waals surface area contributed by atoms with Gasteiger partial charge in [0.1, 0.15) is 5.82 Å². The fraction of sp³-hybridized carbons (Fsp3) is 0.353. The summed E-state index contributed by atoms with van der Waals surface area (Å²) in [7, 11) is 0. The van der Waals surface area contributed by atoms with Crippen molar-refractivity contribution < 1.29 is 18.0 Å². The number of anilines is 1. The number of carbonyl (C=O) groups excluding carboxylic acids is 1. The Morgan fingerprint density at radius 1 is 1.12 bits per heavy atom. The Morgan fingerprint density at radius 2 is 1.92 bits per heavy atom. The molecule has 0 unspecified atom stereocenters. The van der Waals surface area contributed by atoms with Gasteiger partial charge in [-0.3, -0.25) is 9.78 Å². The maximum absolute atomic E-state index is 12.9. The van der Waals surface area contributed by atoms with E-state index in [1.165, 1.54) is 6.07 Å². The van der Waals surface area contributed by atoms with E-state index in [0.29, 0.717) is 59.5 Å². The van der Waals surface area contributed by atoms with Crippen molar-refractivity contribution in [1.82, 2.24) is 9.97 Å². The van der Waals surface area contributed by atoms with E-state index in [1.54, 1.807) is 6.07 Å². The van der Waals surface area contributed by atoms with Gasteiger partial charge in [0, 0.05) is 43.4 Å². The minimum atomic E-state index is -4.41. The van der Waals surface area contributed by atoms with Crippen LogP contribution in [0.3, 0.4) is 0 Å². The molecule has 0 amide bonds. The summed E-state index contributed by atoms with van der Waals surface area (Å²) in [6.07, 6.45) is -1.89. The average molecular weight is 412 g/mol. The molecule has 0 spiro atoms. The Morgan fingerprint density at radius 3 is 2.68 bits per heavy atom. The van der Waals surface area contributed by atoms with E-state index >= 15 is 0 Å². The van der Waals surface area contributed by atoms with E-state index in [2.05, 4.69) is 25.9 Å². The van der Waals surface area contributed by atoms with Crippen molar-refractivity contribution >= 4 is 27.5 Å². The van der Waals surface area contributed by atoms with Crippen LogP contribution >= 0.6 is 15.9 Å². The second kappa shape index (κ2) is 5.79. The largest absolute Gasteiger partial charge is 0.417 e. The van der Waals surface area contributed by atoms with Gasteiger partial charge in [0.05, 0.1) is 15.7 Å². The summed E-state index contributed by atoms with van der Waals surface area (Å²) >= 11 is 3.45. The van der Waals surface area contributed by atoms with E-state index in [9.17, 15) is 18.0 Å². The monoisotopic (exact) mass is 411 g/mol. The Bertz CT molecular complexity index is 882. The van der Waals surface area contributed by atoms with Crippen LogP contribution in [-0.4, -0.2) is 22.3 Å². The summed E-state index contributed by atoms with van der Waals surface area (Å²) in [5.74, 6) is 0.745. The number of halogens is 4. The van der Waals surface area contributed by atoms with E-state index < -0.39 is 11.7 Å². The molecule has 1 aliphatic carbocycles. The van der Waals surface area contributed by atoms with Crippen molar-refractivity contribution in [2.45, 2.75) is 32.0 Å². The van der Waals surface area contributed by atoms with Crippen LogP contribution in [0.25, 0.3) is 0 Å². The van der Waals surface area contributed by atoms with Gasteiger partial charge in [-0.05, 0) is 40.0 Å². The summed E-state index contributed by atoms with van der Waals surface area (Å²) in [6.45, 7) is 0.925. The number of alkyl halides is 3. The number of ketones is 1. The van der Waals surface area contributed by atoms with Crippen LogP contribution in [0.1, 0.15) is 39.3 Å². The normalized spacial score (nSPS) is 16.8. The zero-order chi connectivity index (χ0) is 17.8. The zero-order valence-corrected chi connectivity index (χ0v) is 14.6. The van der Waals surface area contributed by atoms with Gasteiger partial charge in [-0.25, -0.2) is 4.98 Å². The highest BCUT2D eigenvalue weighted by atomic mass is 79.9. The van der Waals surface area contributed by atoms with Gasteiger partial charge in [-0.15, -0.1) is 0 Å². The molecule has 2 aromatic rings. The first-order valence-electron chi connectivity index (χ1n) is 7.85. The predicted octanol–water partition coefficient (Wildman–Crippen LogP) is 3.95. The van der Waals surface area contributed by atoms with Crippen molar-refractivity contribution in [1.29, 1.82) is 0 Å². The number of hydrogen-bond acceptors (Lipinski definition) is 4. The van der Waals surface area contributed by atoms with Gasteiger partial charge in [-0.2, -0.15) is 13.2 Å². The highest BCUT2D eigenvalue weighted by Crippen LogP contribution is 2.35. The molecular formula is C17H13BrF3N3O. The van der Waals surface area contributed by atoms with Gasteiger partial charge < -0.3 is 4.90 Å². The van der Waals surface area contributed by atoms with Gasteiger partial charge in [0.25, 0.3) is 0 Å². The number of aromatic nitrogens is 2. The molecule has 130 valence electrons. The van der Waals surface area contributed by atoms with Crippen LogP contribution in [0.15, 0.2) is 22.8 Å². The smallest absolute Gasteiger partial charge is 0.351 e. The lowest BCUT2D eigenvalue weighted by atomic mass is 10.0. The molecule has 0 fully saturated rings. The highest BCUT2D eigenvalue weighted by molar-refractivity contribution is 9.10. The fourth-order valence-corrected chi connectivity index (χ4v) is 3.87. The second-order valence-corrected chi connectivity index (χ2v) is 7.06. The van der Waals surface area contributed by atoms with Crippen LogP contribution < -0.4 is 4.90 Å². The third kappa shape index (κ3) is 2.92. The number of nitrogens with zero attached hydrogens (tertiary/aromatic N) is 3. The van der Waals surface area contributed by atoms with Crippen molar-refractivity contribution in [2.75, 3.05) is 11.4 Å². The Kier molecular flexibility index (Phi) is 3.82. The topological polar surface area (TPSA) is 46.1 Å². The first-order valence-corrected chi connectivity index (χ1v) is 8.65. The Hall–Kier alpha value is -1.96. The summed E-state index contributed by atoms with van der Waals surface area (Å²) in [6, 6.07) is 2.94. The van der Waals surface area contributed by atoms with Crippen molar-refractivity contribution in [3.63, 3.8) is 0 Å². The van der Waals surface area contributed by atoms with Crippen LogP contribution in [0.5, 0.6) is 0 Å². The number of hydrogen-bond donors (Lipinski definition) is 0. The molecule has 4 nitrogen and oxygen atoms in total. The molecule has 1 aliphatic heterocycles. The molecule has 2 aliphatic rings. The lowest BCUT2D eigenvalue weighted by molar-refractivity contribution is -0.137. The van der Waals surface area contributed by atoms with E-state index in [-0.39, 0.29) is 5.78 Å². The van der Waals surface area contributed by atoms with Gasteiger partial charge >= 0.3 is 6.18 Å². The standard InChI is InChI=1S/C17H13BrF3N3O/c18-12-6-11-14(1-2-15(11)25)23-16(12)24-4-3-13-9(8-24)5-10(7-22-13)17(19,20)21/h5-7H,1-4,8H2. The van der Waals surface area contributed by atoms with Gasteiger partial charge in [0.15, 0.2) is 5.78 Å². The molecule has 0 radical (unpaired) electrons. The van der Waals surface area contributed by atoms with Crippen molar-refractivity contribution in [3.05, 3.63) is 50.9 Å². The predicted molar refractivity (Wildman–Crippen MR) is 88.6 cm³/mol. The molecule has 3 heterocycles. The first kappa shape index (κ1) is 16.5.